The van der Waals surface area contributed by atoms with Gasteiger partial charge in [0.15, 0.2) is 0 Å². The molecule has 0 aliphatic carbocycles. The van der Waals surface area contributed by atoms with Crippen LogP contribution in [0.15, 0.2) is 89.4 Å². The van der Waals surface area contributed by atoms with Gasteiger partial charge in [-0.1, -0.05) is 41.9 Å². The van der Waals surface area contributed by atoms with Gasteiger partial charge in [0.05, 0.1) is 26.9 Å². The lowest BCUT2D eigenvalue weighted by atomic mass is 10.1. The van der Waals surface area contributed by atoms with Crippen molar-refractivity contribution in [2.24, 2.45) is 0 Å². The number of nitrogens with one attached hydrogen (secondary N) is 1. The van der Waals surface area contributed by atoms with Gasteiger partial charge in [-0.05, 0) is 48.5 Å². The van der Waals surface area contributed by atoms with E-state index in [4.69, 9.17) is 16.0 Å². The van der Waals surface area contributed by atoms with Crippen LogP contribution >= 0.6 is 11.6 Å². The first-order valence-electron chi connectivity index (χ1n) is 10.4. The normalized spacial score (nSPS) is 11.2. The molecule has 0 fully saturated rings. The van der Waals surface area contributed by atoms with Crippen LogP contribution in [0.1, 0.15) is 5.76 Å². The van der Waals surface area contributed by atoms with Crippen LogP contribution in [0.2, 0.25) is 5.02 Å². The van der Waals surface area contributed by atoms with Gasteiger partial charge >= 0.3 is 0 Å². The summed E-state index contributed by atoms with van der Waals surface area (Å²) in [4.78, 5) is 24.8. The van der Waals surface area contributed by atoms with Crippen molar-refractivity contribution >= 4 is 46.0 Å². The van der Waals surface area contributed by atoms with Crippen molar-refractivity contribution in [1.82, 2.24) is 15.0 Å². The van der Waals surface area contributed by atoms with Crippen molar-refractivity contribution in [2.45, 2.75) is 0 Å². The van der Waals surface area contributed by atoms with Gasteiger partial charge in [-0.2, -0.15) is 4.80 Å². The third kappa shape index (κ3) is 4.66. The standard InChI is InChI=1S/C25H16ClN5O4/c26-19-14-21-22(29-30(28-21)16-6-2-1-3-7-16)15-20(19)27-25(32)13-11-17-10-12-24(35-17)18-8-4-5-9-23(18)31(33)34/h1-15H,(H,27,32). The van der Waals surface area contributed by atoms with Gasteiger partial charge in [0.1, 0.15) is 22.6 Å². The maximum Gasteiger partial charge on any atom is 0.280 e. The van der Waals surface area contributed by atoms with Crippen molar-refractivity contribution in [2.75, 3.05) is 5.32 Å². The molecule has 0 aliphatic rings. The third-order valence-electron chi connectivity index (χ3n) is 5.11. The molecule has 2 heterocycles. The first-order chi connectivity index (χ1) is 17.0. The highest BCUT2D eigenvalue weighted by molar-refractivity contribution is 6.34. The Morgan fingerprint density at radius 1 is 1.00 bits per heavy atom. The van der Waals surface area contributed by atoms with Gasteiger partial charge in [-0.3, -0.25) is 14.9 Å². The van der Waals surface area contributed by atoms with E-state index in [1.807, 2.05) is 30.3 Å². The van der Waals surface area contributed by atoms with Crippen LogP contribution in [0.5, 0.6) is 0 Å². The number of benzene rings is 3. The predicted molar refractivity (Wildman–Crippen MR) is 132 cm³/mol. The van der Waals surface area contributed by atoms with Crippen LogP contribution < -0.4 is 5.32 Å². The number of amides is 1. The molecule has 0 unspecified atom stereocenters. The molecule has 1 N–H and O–H groups in total. The summed E-state index contributed by atoms with van der Waals surface area (Å²) < 4.78 is 5.67. The number of hydrogen-bond acceptors (Lipinski definition) is 6. The molecule has 2 aromatic heterocycles. The van der Waals surface area contributed by atoms with Gasteiger partial charge in [0.2, 0.25) is 5.91 Å². The quantitative estimate of drug-likeness (QED) is 0.182. The van der Waals surface area contributed by atoms with Crippen molar-refractivity contribution in [3.8, 4) is 17.0 Å². The number of halogens is 1. The number of para-hydroxylation sites is 2. The van der Waals surface area contributed by atoms with E-state index >= 15 is 0 Å². The second-order valence-corrected chi connectivity index (χ2v) is 7.85. The largest absolute Gasteiger partial charge is 0.456 e. The summed E-state index contributed by atoms with van der Waals surface area (Å²) in [7, 11) is 0. The number of furan rings is 1. The number of nitrogens with zero attached hydrogens (tertiary/aromatic N) is 4. The Labute approximate surface area is 203 Å². The van der Waals surface area contributed by atoms with E-state index in [0.29, 0.717) is 38.8 Å². The number of hydrogen-bond donors (Lipinski definition) is 1. The molecular formula is C25H16ClN5O4. The summed E-state index contributed by atoms with van der Waals surface area (Å²) in [5, 5.41) is 23.2. The van der Waals surface area contributed by atoms with E-state index in [1.165, 1.54) is 23.0 Å². The smallest absolute Gasteiger partial charge is 0.280 e. The Balaban J connectivity index is 1.32. The molecule has 10 heteroatoms. The molecule has 172 valence electrons. The zero-order chi connectivity index (χ0) is 24.4. The Morgan fingerprint density at radius 2 is 1.71 bits per heavy atom. The van der Waals surface area contributed by atoms with Crippen LogP contribution in [0.3, 0.4) is 0 Å². The highest BCUT2D eigenvalue weighted by Gasteiger charge is 2.17. The van der Waals surface area contributed by atoms with Gasteiger partial charge < -0.3 is 9.73 Å². The minimum Gasteiger partial charge on any atom is -0.456 e. The van der Waals surface area contributed by atoms with Crippen LogP contribution in [0, 0.1) is 10.1 Å². The Morgan fingerprint density at radius 3 is 2.49 bits per heavy atom. The molecular weight excluding hydrogens is 470 g/mol. The first kappa shape index (κ1) is 22.1. The average molecular weight is 486 g/mol. The van der Waals surface area contributed by atoms with Crippen molar-refractivity contribution < 1.29 is 14.1 Å². The van der Waals surface area contributed by atoms with Crippen molar-refractivity contribution in [3.05, 3.63) is 106 Å². The molecule has 3 aromatic carbocycles. The molecule has 0 bridgehead atoms. The summed E-state index contributed by atoms with van der Waals surface area (Å²) >= 11 is 6.34. The minimum absolute atomic E-state index is 0.0654. The summed E-state index contributed by atoms with van der Waals surface area (Å²) in [6.07, 6.45) is 2.75. The molecule has 5 rings (SSSR count). The summed E-state index contributed by atoms with van der Waals surface area (Å²) in [5.41, 5.74) is 2.62. The Bertz CT molecular complexity index is 1590. The summed E-state index contributed by atoms with van der Waals surface area (Å²) in [5.74, 6) is 0.248. The van der Waals surface area contributed by atoms with Gasteiger partial charge in [0, 0.05) is 12.1 Å². The first-order valence-corrected chi connectivity index (χ1v) is 10.8. The Kier molecular flexibility index (Phi) is 5.82. The highest BCUT2D eigenvalue weighted by atomic mass is 35.5. The SMILES string of the molecule is O=C(C=Cc1ccc(-c2ccccc2[N+](=O)[O-])o1)Nc1cc2nn(-c3ccccc3)nc2cc1Cl. The van der Waals surface area contributed by atoms with Crippen molar-refractivity contribution in [1.29, 1.82) is 0 Å². The Hall–Kier alpha value is -4.76. The molecule has 5 aromatic rings. The molecule has 1 amide bonds. The van der Waals surface area contributed by atoms with Gasteiger partial charge in [-0.25, -0.2) is 0 Å². The molecule has 0 radical (unpaired) electrons. The van der Waals surface area contributed by atoms with E-state index in [2.05, 4.69) is 15.5 Å². The zero-order valence-electron chi connectivity index (χ0n) is 18.0. The lowest BCUT2D eigenvalue weighted by Gasteiger charge is -2.04. The molecule has 0 aliphatic heterocycles. The number of carbonyl (C=O) groups is 1. The lowest BCUT2D eigenvalue weighted by Crippen LogP contribution is -2.08. The number of carbonyl (C=O) groups excluding carboxylic acids is 1. The predicted octanol–water partition coefficient (Wildman–Crippen LogP) is 5.89. The number of rotatable bonds is 6. The van der Waals surface area contributed by atoms with Crippen LogP contribution in [-0.2, 0) is 4.79 Å². The number of aromatic nitrogens is 3. The molecule has 9 nitrogen and oxygen atoms in total. The number of nitro groups is 1. The fourth-order valence-electron chi connectivity index (χ4n) is 3.47. The molecule has 0 spiro atoms. The van der Waals surface area contributed by atoms with E-state index in [-0.39, 0.29) is 5.69 Å². The number of fused-ring (bicyclic) bond motifs is 1. The second-order valence-electron chi connectivity index (χ2n) is 7.44. The molecule has 0 saturated heterocycles. The summed E-state index contributed by atoms with van der Waals surface area (Å²) in [6, 6.07) is 22.2. The van der Waals surface area contributed by atoms with Gasteiger partial charge in [0.25, 0.3) is 5.69 Å². The molecule has 35 heavy (non-hydrogen) atoms. The number of anilines is 1. The monoisotopic (exact) mass is 485 g/mol. The maximum absolute atomic E-state index is 12.5. The molecule has 0 saturated carbocycles. The van der Waals surface area contributed by atoms with E-state index < -0.39 is 10.8 Å². The van der Waals surface area contributed by atoms with Crippen LogP contribution in [0.4, 0.5) is 11.4 Å². The fourth-order valence-corrected chi connectivity index (χ4v) is 3.68. The lowest BCUT2D eigenvalue weighted by molar-refractivity contribution is -0.384. The fraction of sp³-hybridized carbons (Fsp3) is 0. The average Bonchev–Trinajstić information content (AvgIpc) is 3.50. The van der Waals surface area contributed by atoms with Crippen LogP contribution in [0.25, 0.3) is 34.1 Å². The third-order valence-corrected chi connectivity index (χ3v) is 5.42. The molecule has 0 atom stereocenters. The maximum atomic E-state index is 12.5. The van der Waals surface area contributed by atoms with Crippen molar-refractivity contribution in [3.63, 3.8) is 0 Å². The topological polar surface area (TPSA) is 116 Å². The van der Waals surface area contributed by atoms with Crippen LogP contribution in [-0.4, -0.2) is 25.8 Å². The van der Waals surface area contributed by atoms with E-state index in [1.54, 1.807) is 42.5 Å². The van der Waals surface area contributed by atoms with E-state index in [9.17, 15) is 14.9 Å². The van der Waals surface area contributed by atoms with Gasteiger partial charge in [-0.15, -0.1) is 10.2 Å². The second kappa shape index (κ2) is 9.24. The summed E-state index contributed by atoms with van der Waals surface area (Å²) in [6.45, 7) is 0. The van der Waals surface area contributed by atoms with E-state index in [0.717, 1.165) is 5.69 Å². The highest BCUT2D eigenvalue weighted by Crippen LogP contribution is 2.31. The zero-order valence-corrected chi connectivity index (χ0v) is 18.7. The minimum atomic E-state index is -0.472. The number of nitro benzene ring substituents is 1.